The van der Waals surface area contributed by atoms with Gasteiger partial charge in [-0.25, -0.2) is 4.79 Å². The van der Waals surface area contributed by atoms with Crippen LogP contribution in [-0.2, 0) is 4.74 Å². The number of anilines is 2. The molecule has 29 heavy (non-hydrogen) atoms. The SMILES string of the molecule is Cc1ccc(N2CCN(C(=O)c3ccc(N4CCOC4=O)cc3Cl)CC2)c(C)c1. The smallest absolute Gasteiger partial charge is 0.414 e. The highest BCUT2D eigenvalue weighted by Gasteiger charge is 2.27. The predicted molar refractivity (Wildman–Crippen MR) is 114 cm³/mol. The number of halogens is 1. The van der Waals surface area contributed by atoms with E-state index >= 15 is 0 Å². The van der Waals surface area contributed by atoms with Gasteiger partial charge in [-0.15, -0.1) is 0 Å². The van der Waals surface area contributed by atoms with Crippen molar-refractivity contribution in [1.82, 2.24) is 4.90 Å². The summed E-state index contributed by atoms with van der Waals surface area (Å²) in [6, 6.07) is 11.6. The van der Waals surface area contributed by atoms with Gasteiger partial charge in [0.25, 0.3) is 5.91 Å². The van der Waals surface area contributed by atoms with E-state index in [1.165, 1.54) is 21.7 Å². The predicted octanol–water partition coefficient (Wildman–Crippen LogP) is 3.88. The molecule has 0 aromatic heterocycles. The lowest BCUT2D eigenvalue weighted by atomic mass is 10.1. The van der Waals surface area contributed by atoms with Gasteiger partial charge in [0.15, 0.2) is 0 Å². The van der Waals surface area contributed by atoms with Crippen molar-refractivity contribution in [3.63, 3.8) is 0 Å². The Labute approximate surface area is 175 Å². The Balaban J connectivity index is 1.43. The van der Waals surface area contributed by atoms with Crippen molar-refractivity contribution >= 4 is 35.0 Å². The maximum atomic E-state index is 13.0. The fourth-order valence-corrected chi connectivity index (χ4v) is 4.21. The van der Waals surface area contributed by atoms with Crippen LogP contribution in [0, 0.1) is 13.8 Å². The van der Waals surface area contributed by atoms with Crippen LogP contribution in [0.3, 0.4) is 0 Å². The third-order valence-corrected chi connectivity index (χ3v) is 5.83. The fourth-order valence-electron chi connectivity index (χ4n) is 3.95. The Hall–Kier alpha value is -2.73. The fraction of sp³-hybridized carbons (Fsp3) is 0.364. The van der Waals surface area contributed by atoms with Crippen LogP contribution >= 0.6 is 11.6 Å². The highest BCUT2D eigenvalue weighted by atomic mass is 35.5. The lowest BCUT2D eigenvalue weighted by molar-refractivity contribution is 0.0747. The molecule has 0 atom stereocenters. The average Bonchev–Trinajstić information content (AvgIpc) is 3.13. The largest absolute Gasteiger partial charge is 0.447 e. The highest BCUT2D eigenvalue weighted by Crippen LogP contribution is 2.28. The van der Waals surface area contributed by atoms with Crippen molar-refractivity contribution in [2.24, 2.45) is 0 Å². The molecule has 2 saturated heterocycles. The number of ether oxygens (including phenoxy) is 1. The van der Waals surface area contributed by atoms with Gasteiger partial charge in [0, 0.05) is 37.6 Å². The zero-order valence-electron chi connectivity index (χ0n) is 16.7. The summed E-state index contributed by atoms with van der Waals surface area (Å²) in [6.45, 7) is 7.92. The molecule has 0 N–H and O–H groups in total. The average molecular weight is 414 g/mol. The first kappa shape index (κ1) is 19.6. The van der Waals surface area contributed by atoms with Crippen LogP contribution in [-0.4, -0.2) is 56.2 Å². The number of carbonyl (C=O) groups is 2. The molecule has 7 heteroatoms. The minimum atomic E-state index is -0.386. The Morgan fingerprint density at radius 3 is 2.38 bits per heavy atom. The number of rotatable bonds is 3. The number of hydrogen-bond acceptors (Lipinski definition) is 4. The summed E-state index contributed by atoms with van der Waals surface area (Å²) in [4.78, 5) is 30.4. The number of amides is 2. The molecule has 6 nitrogen and oxygen atoms in total. The second kappa shape index (κ2) is 7.95. The maximum absolute atomic E-state index is 13.0. The van der Waals surface area contributed by atoms with E-state index in [4.69, 9.17) is 16.3 Å². The molecule has 0 aliphatic carbocycles. The van der Waals surface area contributed by atoms with Gasteiger partial charge >= 0.3 is 6.09 Å². The van der Waals surface area contributed by atoms with Crippen LogP contribution in [0.1, 0.15) is 21.5 Å². The Kier molecular flexibility index (Phi) is 5.37. The monoisotopic (exact) mass is 413 g/mol. The zero-order chi connectivity index (χ0) is 20.5. The first-order chi connectivity index (χ1) is 13.9. The molecule has 2 aliphatic rings. The summed E-state index contributed by atoms with van der Waals surface area (Å²) in [5.74, 6) is -0.0779. The van der Waals surface area contributed by atoms with E-state index in [-0.39, 0.29) is 12.0 Å². The number of cyclic esters (lactones) is 1. The third kappa shape index (κ3) is 3.90. The molecule has 2 fully saturated rings. The summed E-state index contributed by atoms with van der Waals surface area (Å²) in [5, 5.41) is 0.351. The maximum Gasteiger partial charge on any atom is 0.414 e. The van der Waals surface area contributed by atoms with E-state index < -0.39 is 0 Å². The van der Waals surface area contributed by atoms with E-state index in [0.717, 1.165) is 13.1 Å². The minimum absolute atomic E-state index is 0.0779. The van der Waals surface area contributed by atoms with E-state index in [1.54, 1.807) is 18.2 Å². The summed E-state index contributed by atoms with van der Waals surface area (Å²) in [5.41, 5.74) is 4.84. The van der Waals surface area contributed by atoms with Crippen molar-refractivity contribution in [2.75, 3.05) is 49.1 Å². The van der Waals surface area contributed by atoms with Gasteiger partial charge in [-0.3, -0.25) is 9.69 Å². The molecule has 2 aromatic carbocycles. The molecule has 0 unspecified atom stereocenters. The zero-order valence-corrected chi connectivity index (χ0v) is 17.4. The summed E-state index contributed by atoms with van der Waals surface area (Å²) >= 11 is 6.39. The van der Waals surface area contributed by atoms with Gasteiger partial charge in [0.2, 0.25) is 0 Å². The quantitative estimate of drug-likeness (QED) is 0.766. The molecule has 0 spiro atoms. The van der Waals surface area contributed by atoms with E-state index in [0.29, 0.717) is 42.5 Å². The molecule has 2 heterocycles. The van der Waals surface area contributed by atoms with Gasteiger partial charge < -0.3 is 14.5 Å². The van der Waals surface area contributed by atoms with Gasteiger partial charge in [-0.2, -0.15) is 0 Å². The number of aryl methyl sites for hydroxylation is 2. The molecule has 0 radical (unpaired) electrons. The van der Waals surface area contributed by atoms with E-state index in [1.807, 2.05) is 4.90 Å². The van der Waals surface area contributed by atoms with Gasteiger partial charge in [0.05, 0.1) is 17.1 Å². The van der Waals surface area contributed by atoms with Crippen LogP contribution < -0.4 is 9.80 Å². The second-order valence-electron chi connectivity index (χ2n) is 7.50. The van der Waals surface area contributed by atoms with E-state index in [2.05, 4.69) is 36.9 Å². The summed E-state index contributed by atoms with van der Waals surface area (Å²) in [7, 11) is 0. The van der Waals surface area contributed by atoms with Crippen molar-refractivity contribution in [3.05, 3.63) is 58.1 Å². The Bertz CT molecular complexity index is 954. The van der Waals surface area contributed by atoms with Gasteiger partial charge in [-0.05, 0) is 43.7 Å². The third-order valence-electron chi connectivity index (χ3n) is 5.52. The van der Waals surface area contributed by atoms with Crippen LogP contribution in [0.2, 0.25) is 5.02 Å². The Morgan fingerprint density at radius 1 is 1.00 bits per heavy atom. The molecular formula is C22H24ClN3O3. The summed E-state index contributed by atoms with van der Waals surface area (Å²) in [6.07, 6.45) is -0.386. The van der Waals surface area contributed by atoms with E-state index in [9.17, 15) is 9.59 Å². The molecule has 0 bridgehead atoms. The normalized spacial score (nSPS) is 16.9. The second-order valence-corrected chi connectivity index (χ2v) is 7.91. The number of piperazine rings is 1. The van der Waals surface area contributed by atoms with Crippen molar-refractivity contribution in [1.29, 1.82) is 0 Å². The van der Waals surface area contributed by atoms with Crippen LogP contribution in [0.25, 0.3) is 0 Å². The number of nitrogens with zero attached hydrogens (tertiary/aromatic N) is 3. The van der Waals surface area contributed by atoms with Crippen LogP contribution in [0.5, 0.6) is 0 Å². The molecule has 4 rings (SSSR count). The lowest BCUT2D eigenvalue weighted by Gasteiger charge is -2.37. The topological polar surface area (TPSA) is 53.1 Å². The first-order valence-electron chi connectivity index (χ1n) is 9.79. The Morgan fingerprint density at radius 2 is 1.76 bits per heavy atom. The molecule has 2 aliphatic heterocycles. The van der Waals surface area contributed by atoms with Crippen molar-refractivity contribution < 1.29 is 14.3 Å². The highest BCUT2D eigenvalue weighted by molar-refractivity contribution is 6.34. The molecule has 152 valence electrons. The van der Waals surface area contributed by atoms with Gasteiger partial charge in [-0.1, -0.05) is 29.3 Å². The summed E-state index contributed by atoms with van der Waals surface area (Å²) < 4.78 is 4.96. The molecule has 2 amide bonds. The first-order valence-corrected chi connectivity index (χ1v) is 10.2. The standard InChI is InChI=1S/C22H24ClN3O3/c1-15-3-6-20(16(2)13-15)24-7-9-25(10-8-24)21(27)18-5-4-17(14-19(18)23)26-11-12-29-22(26)28/h3-6,13-14H,7-12H2,1-2H3. The molecular weight excluding hydrogens is 390 g/mol. The molecule has 2 aromatic rings. The number of benzene rings is 2. The van der Waals surface area contributed by atoms with Crippen LogP contribution in [0.4, 0.5) is 16.2 Å². The number of hydrogen-bond donors (Lipinski definition) is 0. The van der Waals surface area contributed by atoms with Gasteiger partial charge in [0.1, 0.15) is 6.61 Å². The molecule has 0 saturated carbocycles. The van der Waals surface area contributed by atoms with Crippen molar-refractivity contribution in [2.45, 2.75) is 13.8 Å². The number of carbonyl (C=O) groups excluding carboxylic acids is 2. The minimum Gasteiger partial charge on any atom is -0.447 e. The lowest BCUT2D eigenvalue weighted by Crippen LogP contribution is -2.49. The van der Waals surface area contributed by atoms with Crippen LogP contribution in [0.15, 0.2) is 36.4 Å². The van der Waals surface area contributed by atoms with Crippen molar-refractivity contribution in [3.8, 4) is 0 Å².